The van der Waals surface area contributed by atoms with Gasteiger partial charge in [-0.2, -0.15) is 11.8 Å². The average molecular weight is 228 g/mol. The molecule has 1 saturated heterocycles. The zero-order chi connectivity index (χ0) is 10.7. The van der Waals surface area contributed by atoms with Gasteiger partial charge in [-0.05, 0) is 51.2 Å². The second kappa shape index (κ2) is 5.55. The van der Waals surface area contributed by atoms with Crippen LogP contribution in [0, 0.1) is 0 Å². The van der Waals surface area contributed by atoms with Crippen molar-refractivity contribution in [1.82, 2.24) is 10.2 Å². The Balaban J connectivity index is 1.62. The van der Waals surface area contributed by atoms with Crippen molar-refractivity contribution in [3.05, 3.63) is 0 Å². The van der Waals surface area contributed by atoms with Crippen molar-refractivity contribution >= 4 is 11.8 Å². The summed E-state index contributed by atoms with van der Waals surface area (Å²) >= 11 is 2.10. The molecule has 2 aliphatic rings. The minimum absolute atomic E-state index is 0.701. The molecule has 0 spiro atoms. The van der Waals surface area contributed by atoms with Crippen LogP contribution < -0.4 is 5.32 Å². The van der Waals surface area contributed by atoms with Crippen molar-refractivity contribution in [2.24, 2.45) is 0 Å². The lowest BCUT2D eigenvalue weighted by Crippen LogP contribution is -2.43. The van der Waals surface area contributed by atoms with E-state index in [9.17, 15) is 0 Å². The smallest absolute Gasteiger partial charge is 0.0192 e. The SMILES string of the molecule is CC(CNC1CCSCC1)N(C)C1CC1. The van der Waals surface area contributed by atoms with Crippen LogP contribution in [0.4, 0.5) is 0 Å². The number of nitrogens with zero attached hydrogens (tertiary/aromatic N) is 1. The predicted molar refractivity (Wildman–Crippen MR) is 68.6 cm³/mol. The van der Waals surface area contributed by atoms with Crippen LogP contribution in [-0.2, 0) is 0 Å². The summed E-state index contributed by atoms with van der Waals surface area (Å²) in [6.07, 6.45) is 5.57. The summed E-state index contributed by atoms with van der Waals surface area (Å²) in [5.41, 5.74) is 0. The van der Waals surface area contributed by atoms with Gasteiger partial charge in [0.1, 0.15) is 0 Å². The van der Waals surface area contributed by atoms with E-state index in [0.29, 0.717) is 6.04 Å². The van der Waals surface area contributed by atoms with E-state index in [1.165, 1.54) is 43.7 Å². The Hall–Kier alpha value is 0.270. The maximum atomic E-state index is 3.73. The molecule has 88 valence electrons. The zero-order valence-corrected chi connectivity index (χ0v) is 10.9. The highest BCUT2D eigenvalue weighted by molar-refractivity contribution is 7.99. The maximum absolute atomic E-state index is 3.73. The highest BCUT2D eigenvalue weighted by atomic mass is 32.2. The Bertz CT molecular complexity index is 188. The van der Waals surface area contributed by atoms with Gasteiger partial charge in [-0.1, -0.05) is 0 Å². The molecule has 1 heterocycles. The number of hydrogen-bond donors (Lipinski definition) is 1. The fourth-order valence-electron chi connectivity index (χ4n) is 2.22. The molecule has 2 fully saturated rings. The molecule has 0 radical (unpaired) electrons. The van der Waals surface area contributed by atoms with Crippen molar-refractivity contribution in [2.75, 3.05) is 25.1 Å². The van der Waals surface area contributed by atoms with Crippen LogP contribution in [0.2, 0.25) is 0 Å². The lowest BCUT2D eigenvalue weighted by Gasteiger charge is -2.29. The van der Waals surface area contributed by atoms with E-state index in [1.54, 1.807) is 0 Å². The fraction of sp³-hybridized carbons (Fsp3) is 1.00. The number of nitrogens with one attached hydrogen (secondary N) is 1. The van der Waals surface area contributed by atoms with E-state index in [2.05, 4.69) is 35.9 Å². The Morgan fingerprint density at radius 2 is 1.93 bits per heavy atom. The molecule has 0 aromatic carbocycles. The molecule has 0 amide bonds. The van der Waals surface area contributed by atoms with Gasteiger partial charge < -0.3 is 5.32 Å². The van der Waals surface area contributed by atoms with Crippen LogP contribution in [0.25, 0.3) is 0 Å². The first-order valence-electron chi connectivity index (χ1n) is 6.30. The summed E-state index contributed by atoms with van der Waals surface area (Å²) in [6.45, 7) is 3.52. The highest BCUT2D eigenvalue weighted by Gasteiger charge is 2.29. The van der Waals surface area contributed by atoms with Gasteiger partial charge in [0.15, 0.2) is 0 Å². The molecule has 1 saturated carbocycles. The van der Waals surface area contributed by atoms with Gasteiger partial charge in [-0.15, -0.1) is 0 Å². The molecule has 0 bridgehead atoms. The molecule has 2 nitrogen and oxygen atoms in total. The first-order valence-corrected chi connectivity index (χ1v) is 7.46. The zero-order valence-electron chi connectivity index (χ0n) is 10.0. The standard InChI is InChI=1S/C12H24N2S/c1-10(14(2)12-3-4-12)9-13-11-5-7-15-8-6-11/h10-13H,3-9H2,1-2H3. The topological polar surface area (TPSA) is 15.3 Å². The summed E-state index contributed by atoms with van der Waals surface area (Å²) in [4.78, 5) is 2.55. The van der Waals surface area contributed by atoms with Crippen molar-refractivity contribution < 1.29 is 0 Å². The molecule has 3 heteroatoms. The highest BCUT2D eigenvalue weighted by Crippen LogP contribution is 2.26. The third kappa shape index (κ3) is 3.65. The largest absolute Gasteiger partial charge is 0.312 e. The molecule has 15 heavy (non-hydrogen) atoms. The Morgan fingerprint density at radius 1 is 1.27 bits per heavy atom. The quantitative estimate of drug-likeness (QED) is 0.774. The van der Waals surface area contributed by atoms with E-state index in [-0.39, 0.29) is 0 Å². The van der Waals surface area contributed by atoms with Gasteiger partial charge in [0, 0.05) is 24.7 Å². The number of thioether (sulfide) groups is 1. The normalized spacial score (nSPS) is 25.8. The first-order chi connectivity index (χ1) is 7.27. The average Bonchev–Trinajstić information content (AvgIpc) is 3.10. The monoisotopic (exact) mass is 228 g/mol. The van der Waals surface area contributed by atoms with E-state index in [1.807, 2.05) is 0 Å². The van der Waals surface area contributed by atoms with Crippen LogP contribution in [0.3, 0.4) is 0 Å². The Morgan fingerprint density at radius 3 is 2.53 bits per heavy atom. The van der Waals surface area contributed by atoms with Crippen LogP contribution in [-0.4, -0.2) is 48.1 Å². The third-order valence-electron chi connectivity index (χ3n) is 3.74. The number of rotatable bonds is 5. The van der Waals surface area contributed by atoms with Gasteiger partial charge in [-0.3, -0.25) is 4.90 Å². The third-order valence-corrected chi connectivity index (χ3v) is 4.79. The van der Waals surface area contributed by atoms with Crippen LogP contribution in [0.5, 0.6) is 0 Å². The van der Waals surface area contributed by atoms with Crippen LogP contribution in [0.1, 0.15) is 32.6 Å². The molecule has 0 aromatic rings. The molecule has 1 unspecified atom stereocenters. The van der Waals surface area contributed by atoms with Crippen LogP contribution in [0.15, 0.2) is 0 Å². The summed E-state index contributed by atoms with van der Waals surface area (Å²) < 4.78 is 0. The van der Waals surface area contributed by atoms with Crippen molar-refractivity contribution in [3.8, 4) is 0 Å². The molecular formula is C12H24N2S. The van der Waals surface area contributed by atoms with Gasteiger partial charge >= 0.3 is 0 Å². The predicted octanol–water partition coefficient (Wildman–Crippen LogP) is 1.95. The molecular weight excluding hydrogens is 204 g/mol. The van der Waals surface area contributed by atoms with Crippen molar-refractivity contribution in [1.29, 1.82) is 0 Å². The number of likely N-dealkylation sites (N-methyl/N-ethyl adjacent to an activating group) is 1. The van der Waals surface area contributed by atoms with Crippen LogP contribution >= 0.6 is 11.8 Å². The molecule has 2 rings (SSSR count). The molecule has 1 aliphatic carbocycles. The van der Waals surface area contributed by atoms with Crippen molar-refractivity contribution in [3.63, 3.8) is 0 Å². The molecule has 1 aliphatic heterocycles. The second-order valence-corrected chi connectivity index (χ2v) is 6.27. The minimum Gasteiger partial charge on any atom is -0.312 e. The van der Waals surface area contributed by atoms with Gasteiger partial charge in [0.05, 0.1) is 0 Å². The van der Waals surface area contributed by atoms with E-state index in [4.69, 9.17) is 0 Å². The number of hydrogen-bond acceptors (Lipinski definition) is 3. The lowest BCUT2D eigenvalue weighted by atomic mass is 10.1. The summed E-state index contributed by atoms with van der Waals surface area (Å²) in [6, 6.07) is 2.39. The molecule has 1 atom stereocenters. The molecule has 1 N–H and O–H groups in total. The minimum atomic E-state index is 0.701. The van der Waals surface area contributed by atoms with Gasteiger partial charge in [-0.25, -0.2) is 0 Å². The van der Waals surface area contributed by atoms with E-state index < -0.39 is 0 Å². The lowest BCUT2D eigenvalue weighted by molar-refractivity contribution is 0.234. The Labute approximate surface area is 98.2 Å². The van der Waals surface area contributed by atoms with Crippen molar-refractivity contribution in [2.45, 2.75) is 50.7 Å². The summed E-state index contributed by atoms with van der Waals surface area (Å²) in [5, 5.41) is 3.73. The van der Waals surface area contributed by atoms with Gasteiger partial charge in [0.25, 0.3) is 0 Å². The van der Waals surface area contributed by atoms with Gasteiger partial charge in [0.2, 0.25) is 0 Å². The fourth-order valence-corrected chi connectivity index (χ4v) is 3.33. The maximum Gasteiger partial charge on any atom is 0.0192 e. The van der Waals surface area contributed by atoms with E-state index in [0.717, 1.165) is 12.1 Å². The second-order valence-electron chi connectivity index (χ2n) is 5.04. The molecule has 0 aromatic heterocycles. The summed E-state index contributed by atoms with van der Waals surface area (Å²) in [7, 11) is 2.28. The summed E-state index contributed by atoms with van der Waals surface area (Å²) in [5.74, 6) is 2.70. The Kier molecular flexibility index (Phi) is 4.35. The first kappa shape index (κ1) is 11.7. The van der Waals surface area contributed by atoms with E-state index >= 15 is 0 Å².